The summed E-state index contributed by atoms with van der Waals surface area (Å²) in [5.74, 6) is 0.694. The first-order chi connectivity index (χ1) is 30.8. The lowest BCUT2D eigenvalue weighted by Crippen LogP contribution is -2.25. The van der Waals surface area contributed by atoms with E-state index in [2.05, 4.69) is 223 Å². The maximum atomic E-state index is 5.20. The predicted molar refractivity (Wildman–Crippen MR) is 254 cm³/mol. The smallest absolute Gasteiger partial charge is 0.160 e. The van der Waals surface area contributed by atoms with E-state index in [1.807, 2.05) is 6.07 Å². The Morgan fingerprint density at radius 2 is 0.823 bits per heavy atom. The van der Waals surface area contributed by atoms with E-state index in [-0.39, 0.29) is 0 Å². The summed E-state index contributed by atoms with van der Waals surface area (Å²) in [5, 5.41) is 2.53. The van der Waals surface area contributed by atoms with Gasteiger partial charge in [-0.05, 0) is 98.1 Å². The SMILES string of the molecule is c1ccc(-c2ccc(-c3cc(-c4ccccc4)nc(-c4ccc(-n5c6ccccc6c6c7c(ccc65)C5(c6ccccc6-c6ccccc65)c5ccccc5-7)cc4)n3)cc2)cc1. The molecule has 2 aliphatic carbocycles. The molecule has 0 aliphatic heterocycles. The molecular weight excluding hydrogens is 751 g/mol. The Morgan fingerprint density at radius 3 is 1.48 bits per heavy atom. The van der Waals surface area contributed by atoms with Crippen molar-refractivity contribution in [1.82, 2.24) is 14.5 Å². The van der Waals surface area contributed by atoms with Gasteiger partial charge in [-0.3, -0.25) is 0 Å². The Hall–Kier alpha value is -8.14. The maximum absolute atomic E-state index is 5.20. The van der Waals surface area contributed by atoms with Crippen molar-refractivity contribution in [3.05, 3.63) is 247 Å². The van der Waals surface area contributed by atoms with Crippen molar-refractivity contribution in [2.75, 3.05) is 0 Å². The Balaban J connectivity index is 0.967. The molecule has 288 valence electrons. The highest BCUT2D eigenvalue weighted by Crippen LogP contribution is 2.64. The summed E-state index contributed by atoms with van der Waals surface area (Å²) in [6.07, 6.45) is 0. The molecule has 0 fully saturated rings. The summed E-state index contributed by atoms with van der Waals surface area (Å²) in [7, 11) is 0. The third-order valence-corrected chi connectivity index (χ3v) is 13.3. The molecule has 62 heavy (non-hydrogen) atoms. The van der Waals surface area contributed by atoms with Gasteiger partial charge in [-0.15, -0.1) is 0 Å². The number of hydrogen-bond acceptors (Lipinski definition) is 2. The number of fused-ring (bicyclic) bond motifs is 14. The molecule has 0 saturated heterocycles. The summed E-state index contributed by atoms with van der Waals surface area (Å²) < 4.78 is 2.43. The molecular formula is C59H37N3. The molecule has 2 aromatic heterocycles. The van der Waals surface area contributed by atoms with Gasteiger partial charge < -0.3 is 4.57 Å². The molecule has 9 aromatic carbocycles. The van der Waals surface area contributed by atoms with Gasteiger partial charge in [-0.1, -0.05) is 182 Å². The van der Waals surface area contributed by atoms with E-state index in [9.17, 15) is 0 Å². The number of hydrogen-bond donors (Lipinski definition) is 0. The van der Waals surface area contributed by atoms with Crippen LogP contribution < -0.4 is 0 Å². The number of nitrogens with zero attached hydrogens (tertiary/aromatic N) is 3. The van der Waals surface area contributed by atoms with Crippen molar-refractivity contribution in [1.29, 1.82) is 0 Å². The molecule has 0 bridgehead atoms. The first kappa shape index (κ1) is 34.7. The largest absolute Gasteiger partial charge is 0.309 e. The second-order valence-corrected chi connectivity index (χ2v) is 16.4. The lowest BCUT2D eigenvalue weighted by Gasteiger charge is -2.30. The van der Waals surface area contributed by atoms with Crippen LogP contribution in [0.1, 0.15) is 22.3 Å². The van der Waals surface area contributed by atoms with Crippen molar-refractivity contribution in [2.45, 2.75) is 5.41 Å². The average Bonchev–Trinajstić information content (AvgIpc) is 3.96. The van der Waals surface area contributed by atoms with Gasteiger partial charge in [0.2, 0.25) is 0 Å². The van der Waals surface area contributed by atoms with E-state index in [4.69, 9.17) is 9.97 Å². The van der Waals surface area contributed by atoms with Crippen LogP contribution in [0.5, 0.6) is 0 Å². The van der Waals surface area contributed by atoms with Gasteiger partial charge in [-0.2, -0.15) is 0 Å². The van der Waals surface area contributed by atoms with E-state index in [1.54, 1.807) is 0 Å². The summed E-state index contributed by atoms with van der Waals surface area (Å²) in [6.45, 7) is 0. The van der Waals surface area contributed by atoms with Gasteiger partial charge in [0.15, 0.2) is 5.82 Å². The van der Waals surface area contributed by atoms with E-state index < -0.39 is 5.41 Å². The lowest BCUT2D eigenvalue weighted by molar-refractivity contribution is 0.794. The second kappa shape index (κ2) is 13.4. The quantitative estimate of drug-likeness (QED) is 0.174. The van der Waals surface area contributed by atoms with Crippen molar-refractivity contribution in [3.8, 4) is 73.0 Å². The topological polar surface area (TPSA) is 30.7 Å². The van der Waals surface area contributed by atoms with E-state index in [1.165, 1.54) is 77.4 Å². The van der Waals surface area contributed by atoms with Crippen LogP contribution in [-0.4, -0.2) is 14.5 Å². The predicted octanol–water partition coefficient (Wildman–Crippen LogP) is 14.6. The summed E-state index contributed by atoms with van der Waals surface area (Å²) >= 11 is 0. The van der Waals surface area contributed by atoms with Gasteiger partial charge in [0.05, 0.1) is 27.8 Å². The van der Waals surface area contributed by atoms with Crippen molar-refractivity contribution in [3.63, 3.8) is 0 Å². The minimum absolute atomic E-state index is 0.394. The lowest BCUT2D eigenvalue weighted by atomic mass is 9.70. The number of benzene rings is 9. The normalized spacial score (nSPS) is 13.0. The van der Waals surface area contributed by atoms with Crippen LogP contribution in [0.25, 0.3) is 94.8 Å². The van der Waals surface area contributed by atoms with Gasteiger partial charge in [0.25, 0.3) is 0 Å². The van der Waals surface area contributed by atoms with Crippen molar-refractivity contribution in [2.24, 2.45) is 0 Å². The Kier molecular flexibility index (Phi) is 7.52. The summed E-state index contributed by atoms with van der Waals surface area (Å²) in [4.78, 5) is 10.4. The zero-order valence-electron chi connectivity index (χ0n) is 33.7. The van der Waals surface area contributed by atoms with Crippen molar-refractivity contribution < 1.29 is 0 Å². The zero-order chi connectivity index (χ0) is 40.8. The van der Waals surface area contributed by atoms with Gasteiger partial charge in [0.1, 0.15) is 0 Å². The fourth-order valence-corrected chi connectivity index (χ4v) is 10.6. The number of rotatable bonds is 5. The molecule has 0 atom stereocenters. The third-order valence-electron chi connectivity index (χ3n) is 13.3. The molecule has 0 amide bonds. The number of para-hydroxylation sites is 1. The van der Waals surface area contributed by atoms with Crippen LogP contribution in [0.2, 0.25) is 0 Å². The summed E-state index contributed by atoms with van der Waals surface area (Å²) in [6, 6.07) is 81.3. The Morgan fingerprint density at radius 1 is 0.339 bits per heavy atom. The number of aromatic nitrogens is 3. The molecule has 0 unspecified atom stereocenters. The maximum Gasteiger partial charge on any atom is 0.160 e. The van der Waals surface area contributed by atoms with Crippen LogP contribution in [0.15, 0.2) is 224 Å². The van der Waals surface area contributed by atoms with Crippen LogP contribution in [0, 0.1) is 0 Å². The minimum atomic E-state index is -0.394. The van der Waals surface area contributed by atoms with Gasteiger partial charge >= 0.3 is 0 Å². The van der Waals surface area contributed by atoms with Crippen LogP contribution in [0.4, 0.5) is 0 Å². The molecule has 2 aliphatic rings. The van der Waals surface area contributed by atoms with Gasteiger partial charge in [0, 0.05) is 33.2 Å². The second-order valence-electron chi connectivity index (χ2n) is 16.4. The minimum Gasteiger partial charge on any atom is -0.309 e. The summed E-state index contributed by atoms with van der Waals surface area (Å²) in [5.41, 5.74) is 21.0. The standard InChI is InChI=1S/C59H37N3/c1-3-15-38(16-4-1)39-27-29-41(30-28-39)53-37-52(40-17-5-2-6-18-40)60-58(61-53)42-31-33-43(34-32-42)62-54-26-14-10-22-47(54)57-55(62)36-35-51-56(57)46-21-9-13-25-50(46)59(51)48-23-11-7-19-44(48)45-20-8-12-24-49(45)59/h1-37H. The molecule has 3 nitrogen and oxygen atoms in total. The molecule has 13 rings (SSSR count). The Bertz CT molecular complexity index is 3500. The fourth-order valence-electron chi connectivity index (χ4n) is 10.6. The highest BCUT2D eigenvalue weighted by Gasteiger charge is 2.52. The van der Waals surface area contributed by atoms with Crippen LogP contribution in [0.3, 0.4) is 0 Å². The molecule has 0 radical (unpaired) electrons. The van der Waals surface area contributed by atoms with E-state index in [0.717, 1.165) is 33.8 Å². The first-order valence-electron chi connectivity index (χ1n) is 21.3. The van der Waals surface area contributed by atoms with E-state index >= 15 is 0 Å². The molecule has 0 saturated carbocycles. The highest BCUT2D eigenvalue weighted by atomic mass is 15.0. The molecule has 1 spiro atoms. The average molecular weight is 788 g/mol. The molecule has 0 N–H and O–H groups in total. The van der Waals surface area contributed by atoms with Crippen molar-refractivity contribution >= 4 is 21.8 Å². The molecule has 11 aromatic rings. The fraction of sp³-hybridized carbons (Fsp3) is 0.0169. The van der Waals surface area contributed by atoms with E-state index in [0.29, 0.717) is 5.82 Å². The molecule has 2 heterocycles. The third kappa shape index (κ3) is 4.94. The monoisotopic (exact) mass is 787 g/mol. The van der Waals surface area contributed by atoms with Crippen LogP contribution >= 0.6 is 0 Å². The van der Waals surface area contributed by atoms with Crippen LogP contribution in [-0.2, 0) is 5.41 Å². The Labute approximate surface area is 359 Å². The molecule has 3 heteroatoms. The van der Waals surface area contributed by atoms with Gasteiger partial charge in [-0.25, -0.2) is 9.97 Å². The highest BCUT2D eigenvalue weighted by molar-refractivity contribution is 6.19. The first-order valence-corrected chi connectivity index (χ1v) is 21.3. The zero-order valence-corrected chi connectivity index (χ0v) is 33.7.